The van der Waals surface area contributed by atoms with Crippen molar-refractivity contribution in [1.82, 2.24) is 14.8 Å². The third-order valence-electron chi connectivity index (χ3n) is 5.54. The zero-order chi connectivity index (χ0) is 27.4. The van der Waals surface area contributed by atoms with Crippen LogP contribution in [-0.2, 0) is 29.2 Å². The highest BCUT2D eigenvalue weighted by molar-refractivity contribution is 6.07. The number of anilines is 1. The molecule has 0 radical (unpaired) electrons. The highest BCUT2D eigenvalue weighted by Gasteiger charge is 2.36. The van der Waals surface area contributed by atoms with E-state index in [1.807, 2.05) is 0 Å². The van der Waals surface area contributed by atoms with Gasteiger partial charge >= 0.3 is 12.1 Å². The van der Waals surface area contributed by atoms with Crippen LogP contribution in [0, 0.1) is 5.82 Å². The largest absolute Gasteiger partial charge is 0.466 e. The number of pyridine rings is 1. The minimum atomic E-state index is -4.88. The average molecular weight is 526 g/mol. The quantitative estimate of drug-likeness (QED) is 0.248. The van der Waals surface area contributed by atoms with Crippen molar-refractivity contribution in [2.24, 2.45) is 7.05 Å². The fourth-order valence-electron chi connectivity index (χ4n) is 3.85. The lowest BCUT2D eigenvalue weighted by Crippen LogP contribution is -2.18. The van der Waals surface area contributed by atoms with Crippen LogP contribution in [0.15, 0.2) is 67.0 Å². The normalized spacial score (nSPS) is 11.3. The Morgan fingerprint density at radius 2 is 1.82 bits per heavy atom. The number of benzene rings is 2. The molecule has 38 heavy (non-hydrogen) atoms. The van der Waals surface area contributed by atoms with Crippen LogP contribution in [0.3, 0.4) is 0 Å². The van der Waals surface area contributed by atoms with E-state index in [9.17, 15) is 27.2 Å². The Bertz CT molecular complexity index is 1480. The predicted molar refractivity (Wildman–Crippen MR) is 132 cm³/mol. The number of nitrogens with zero attached hydrogens (tertiary/aromatic N) is 3. The number of carbonyl (C=O) groups is 2. The van der Waals surface area contributed by atoms with Crippen molar-refractivity contribution in [2.75, 3.05) is 11.9 Å². The van der Waals surface area contributed by atoms with E-state index in [1.54, 1.807) is 37.3 Å². The van der Waals surface area contributed by atoms with Crippen molar-refractivity contribution in [3.63, 3.8) is 0 Å². The second kappa shape index (κ2) is 10.8. The molecule has 0 unspecified atom stereocenters. The summed E-state index contributed by atoms with van der Waals surface area (Å²) >= 11 is 0. The van der Waals surface area contributed by atoms with Gasteiger partial charge in [-0.25, -0.2) is 4.39 Å². The number of carbonyl (C=O) groups excluding carboxylic acids is 2. The van der Waals surface area contributed by atoms with Gasteiger partial charge in [-0.3, -0.25) is 19.3 Å². The molecule has 196 valence electrons. The fourth-order valence-corrected chi connectivity index (χ4v) is 3.85. The van der Waals surface area contributed by atoms with Crippen LogP contribution in [-0.4, -0.2) is 33.2 Å². The molecule has 2 aromatic carbocycles. The van der Waals surface area contributed by atoms with Gasteiger partial charge in [0.25, 0.3) is 5.91 Å². The third-order valence-corrected chi connectivity index (χ3v) is 5.54. The second-order valence-corrected chi connectivity index (χ2v) is 8.29. The van der Waals surface area contributed by atoms with Gasteiger partial charge in [0, 0.05) is 30.6 Å². The number of hydrogen-bond donors (Lipinski definition) is 1. The molecule has 0 saturated carbocycles. The van der Waals surface area contributed by atoms with Gasteiger partial charge in [0.05, 0.1) is 41.2 Å². The Labute approximate surface area is 215 Å². The molecule has 0 bridgehead atoms. The van der Waals surface area contributed by atoms with Crippen LogP contribution in [0.2, 0.25) is 0 Å². The molecule has 4 rings (SSSR count). The number of hydrogen-bond acceptors (Lipinski definition) is 5. The van der Waals surface area contributed by atoms with Crippen molar-refractivity contribution in [3.05, 3.63) is 89.5 Å². The number of rotatable bonds is 7. The van der Waals surface area contributed by atoms with E-state index in [1.165, 1.54) is 36.3 Å². The maximum absolute atomic E-state index is 14.9. The van der Waals surface area contributed by atoms with Gasteiger partial charge in [-0.05, 0) is 36.8 Å². The number of aryl methyl sites for hydroxylation is 1. The molecule has 0 aliphatic carbocycles. The van der Waals surface area contributed by atoms with Crippen molar-refractivity contribution >= 4 is 17.6 Å². The van der Waals surface area contributed by atoms with Crippen molar-refractivity contribution in [1.29, 1.82) is 0 Å². The first-order valence-electron chi connectivity index (χ1n) is 11.5. The van der Waals surface area contributed by atoms with Crippen LogP contribution in [0.25, 0.3) is 22.5 Å². The van der Waals surface area contributed by atoms with Gasteiger partial charge in [-0.1, -0.05) is 30.3 Å². The Hall–Kier alpha value is -4.54. The van der Waals surface area contributed by atoms with E-state index in [0.29, 0.717) is 16.8 Å². The van der Waals surface area contributed by atoms with Gasteiger partial charge in [0.15, 0.2) is 0 Å². The summed E-state index contributed by atoms with van der Waals surface area (Å²) in [4.78, 5) is 29.6. The molecule has 4 aromatic rings. The van der Waals surface area contributed by atoms with Crippen molar-refractivity contribution in [3.8, 4) is 22.5 Å². The molecule has 0 saturated heterocycles. The molecule has 1 N–H and O–H groups in total. The predicted octanol–water partition coefficient (Wildman–Crippen LogP) is 5.66. The first kappa shape index (κ1) is 26.5. The lowest BCUT2D eigenvalue weighted by Gasteiger charge is -2.16. The zero-order valence-electron chi connectivity index (χ0n) is 20.3. The van der Waals surface area contributed by atoms with Crippen LogP contribution >= 0.6 is 0 Å². The summed E-state index contributed by atoms with van der Waals surface area (Å²) in [5.41, 5.74) is -0.889. The molecule has 0 fully saturated rings. The maximum atomic E-state index is 14.9. The molecule has 0 atom stereocenters. The number of nitrogens with one attached hydrogen (secondary N) is 1. The lowest BCUT2D eigenvalue weighted by molar-refractivity contribution is -0.142. The number of amides is 1. The second-order valence-electron chi connectivity index (χ2n) is 8.29. The van der Waals surface area contributed by atoms with Crippen LogP contribution < -0.4 is 5.32 Å². The van der Waals surface area contributed by atoms with E-state index in [-0.39, 0.29) is 30.5 Å². The Morgan fingerprint density at radius 3 is 2.45 bits per heavy atom. The summed E-state index contributed by atoms with van der Waals surface area (Å²) < 4.78 is 62.3. The van der Waals surface area contributed by atoms with Crippen LogP contribution in [0.4, 0.5) is 23.2 Å². The van der Waals surface area contributed by atoms with E-state index in [0.717, 1.165) is 6.07 Å². The molecule has 0 spiro atoms. The maximum Gasteiger partial charge on any atom is 0.417 e. The monoisotopic (exact) mass is 526 g/mol. The summed E-state index contributed by atoms with van der Waals surface area (Å²) in [7, 11) is 1.52. The summed E-state index contributed by atoms with van der Waals surface area (Å²) in [5, 5.41) is 6.54. The molecule has 11 heteroatoms. The van der Waals surface area contributed by atoms with E-state index in [2.05, 4.69) is 15.4 Å². The highest BCUT2D eigenvalue weighted by Crippen LogP contribution is 2.38. The highest BCUT2D eigenvalue weighted by atomic mass is 19.4. The summed E-state index contributed by atoms with van der Waals surface area (Å²) in [6.45, 7) is 1.85. The number of halogens is 4. The number of ether oxygens (including phenoxy) is 1. The van der Waals surface area contributed by atoms with Gasteiger partial charge in [-0.2, -0.15) is 18.3 Å². The van der Waals surface area contributed by atoms with Crippen LogP contribution in [0.1, 0.15) is 28.4 Å². The first-order chi connectivity index (χ1) is 18.1. The smallest absolute Gasteiger partial charge is 0.417 e. The molecular weight excluding hydrogens is 504 g/mol. The standard InChI is InChI=1S/C27H22F4N4O3/c1-3-38-24(36)12-16-11-23(25(32-15-16)17-7-5-4-6-8-17)33-26(37)19-13-18(22-9-10-35(2)34-22)20(14-21(19)28)27(29,30)31/h4-11,13-15H,3,12H2,1-2H3,(H,33,37). The van der Waals surface area contributed by atoms with Crippen LogP contribution in [0.5, 0.6) is 0 Å². The van der Waals surface area contributed by atoms with Gasteiger partial charge in [0.1, 0.15) is 5.82 Å². The van der Waals surface area contributed by atoms with E-state index in [4.69, 9.17) is 4.74 Å². The molecule has 0 aliphatic rings. The molecule has 7 nitrogen and oxygen atoms in total. The third kappa shape index (κ3) is 5.88. The molecule has 2 heterocycles. The molecular formula is C27H22F4N4O3. The van der Waals surface area contributed by atoms with Gasteiger partial charge < -0.3 is 10.1 Å². The Balaban J connectivity index is 1.77. The number of esters is 1. The molecule has 2 aromatic heterocycles. The Morgan fingerprint density at radius 1 is 1.08 bits per heavy atom. The minimum Gasteiger partial charge on any atom is -0.466 e. The van der Waals surface area contributed by atoms with E-state index < -0.39 is 40.6 Å². The summed E-state index contributed by atoms with van der Waals surface area (Å²) in [5.74, 6) is -2.86. The van der Waals surface area contributed by atoms with E-state index >= 15 is 0 Å². The average Bonchev–Trinajstić information content (AvgIpc) is 3.30. The summed E-state index contributed by atoms with van der Waals surface area (Å²) in [6, 6.07) is 12.7. The zero-order valence-corrected chi connectivity index (χ0v) is 20.3. The molecule has 1 amide bonds. The van der Waals surface area contributed by atoms with Gasteiger partial charge in [-0.15, -0.1) is 0 Å². The Kier molecular flexibility index (Phi) is 7.56. The fraction of sp³-hybridized carbons (Fsp3) is 0.185. The molecule has 0 aliphatic heterocycles. The SMILES string of the molecule is CCOC(=O)Cc1cnc(-c2ccccc2)c(NC(=O)c2cc(-c3ccn(C)n3)c(C(F)(F)F)cc2F)c1. The van der Waals surface area contributed by atoms with Gasteiger partial charge in [0.2, 0.25) is 0 Å². The first-order valence-corrected chi connectivity index (χ1v) is 11.5. The lowest BCUT2D eigenvalue weighted by atomic mass is 9.99. The van der Waals surface area contributed by atoms with Crippen molar-refractivity contribution < 1.29 is 31.9 Å². The minimum absolute atomic E-state index is 0.0723. The number of aromatic nitrogens is 3. The van der Waals surface area contributed by atoms with Crippen molar-refractivity contribution in [2.45, 2.75) is 19.5 Å². The number of alkyl halides is 3. The topological polar surface area (TPSA) is 86.1 Å². The summed E-state index contributed by atoms with van der Waals surface area (Å²) in [6.07, 6.45) is -2.12.